The van der Waals surface area contributed by atoms with Gasteiger partial charge in [0.1, 0.15) is 5.82 Å². The third-order valence-electron chi connectivity index (χ3n) is 2.41. The Morgan fingerprint density at radius 3 is 2.76 bits per heavy atom. The lowest BCUT2D eigenvalue weighted by atomic mass is 10.0. The van der Waals surface area contributed by atoms with Gasteiger partial charge >= 0.3 is 0 Å². The highest BCUT2D eigenvalue weighted by molar-refractivity contribution is 5.68. The summed E-state index contributed by atoms with van der Waals surface area (Å²) in [6.07, 6.45) is 1.62. The Hall–Kier alpha value is -2.30. The number of non-ortho nitro benzene ring substituents is 1. The van der Waals surface area contributed by atoms with Gasteiger partial charge in [0.25, 0.3) is 5.69 Å². The smallest absolute Gasteiger partial charge is 0.261 e. The molecule has 1 heterocycles. The normalized spacial score (nSPS) is 10.2. The van der Waals surface area contributed by atoms with E-state index in [1.807, 2.05) is 0 Å². The number of benzene rings is 1. The minimum Gasteiger partial charge on any atom is -0.261 e. The highest BCUT2D eigenvalue weighted by Crippen LogP contribution is 2.26. The van der Waals surface area contributed by atoms with Gasteiger partial charge in [0.15, 0.2) is 0 Å². The molecular weight excluding hydrogens is 223 g/mol. The number of nitro groups is 1. The molecule has 1 aromatic carbocycles. The van der Waals surface area contributed by atoms with Crippen LogP contribution >= 0.6 is 0 Å². The van der Waals surface area contributed by atoms with Gasteiger partial charge in [-0.2, -0.15) is 0 Å². The molecule has 1 aromatic heterocycles. The van der Waals surface area contributed by atoms with Crippen molar-refractivity contribution in [2.75, 3.05) is 0 Å². The fourth-order valence-electron chi connectivity index (χ4n) is 1.62. The zero-order chi connectivity index (χ0) is 12.4. The molecule has 17 heavy (non-hydrogen) atoms. The van der Waals surface area contributed by atoms with Gasteiger partial charge < -0.3 is 0 Å². The van der Waals surface area contributed by atoms with Gasteiger partial charge in [0.05, 0.1) is 11.0 Å². The lowest BCUT2D eigenvalue weighted by Gasteiger charge is -2.04. The molecule has 5 heteroatoms. The summed E-state index contributed by atoms with van der Waals surface area (Å²) in [5.41, 5.74) is 1.59. The fourth-order valence-corrected chi connectivity index (χ4v) is 1.62. The van der Waals surface area contributed by atoms with E-state index in [1.165, 1.54) is 12.1 Å². The first-order valence-corrected chi connectivity index (χ1v) is 4.95. The second-order valence-corrected chi connectivity index (χ2v) is 3.59. The summed E-state index contributed by atoms with van der Waals surface area (Å²) >= 11 is 0. The van der Waals surface area contributed by atoms with Crippen LogP contribution in [0.4, 0.5) is 10.1 Å². The molecule has 2 rings (SSSR count). The van der Waals surface area contributed by atoms with Gasteiger partial charge in [-0.05, 0) is 24.6 Å². The molecule has 0 saturated heterocycles. The molecule has 0 amide bonds. The van der Waals surface area contributed by atoms with Crippen LogP contribution in [0.1, 0.15) is 5.69 Å². The van der Waals surface area contributed by atoms with Gasteiger partial charge in [-0.25, -0.2) is 4.39 Å². The highest BCUT2D eigenvalue weighted by Gasteiger charge is 2.12. The molecule has 0 saturated carbocycles. The van der Waals surface area contributed by atoms with Gasteiger partial charge in [0, 0.05) is 23.5 Å². The number of pyridine rings is 1. The molecule has 0 aliphatic rings. The Labute approximate surface area is 96.9 Å². The largest absolute Gasteiger partial charge is 0.272 e. The first-order valence-electron chi connectivity index (χ1n) is 4.95. The van der Waals surface area contributed by atoms with Crippen LogP contribution in [-0.2, 0) is 0 Å². The van der Waals surface area contributed by atoms with Crippen LogP contribution in [0, 0.1) is 22.9 Å². The van der Waals surface area contributed by atoms with Crippen molar-refractivity contribution in [3.05, 3.63) is 58.2 Å². The number of nitro benzene ring substituents is 1. The Morgan fingerprint density at radius 2 is 2.12 bits per heavy atom. The minimum atomic E-state index is -0.627. The number of halogens is 1. The molecule has 0 unspecified atom stereocenters. The van der Waals surface area contributed by atoms with Crippen molar-refractivity contribution in [2.45, 2.75) is 6.92 Å². The Bertz CT molecular complexity index is 584. The number of hydrogen-bond acceptors (Lipinski definition) is 3. The first kappa shape index (κ1) is 11.2. The van der Waals surface area contributed by atoms with Gasteiger partial charge in [-0.1, -0.05) is 6.07 Å². The maximum absolute atomic E-state index is 13.3. The molecule has 0 aliphatic carbocycles. The first-order chi connectivity index (χ1) is 8.08. The second-order valence-electron chi connectivity index (χ2n) is 3.59. The number of hydrogen-bond donors (Lipinski definition) is 0. The predicted molar refractivity (Wildman–Crippen MR) is 61.0 cm³/mol. The van der Waals surface area contributed by atoms with E-state index < -0.39 is 10.7 Å². The van der Waals surface area contributed by atoms with Crippen molar-refractivity contribution >= 4 is 5.69 Å². The number of aryl methyl sites for hydroxylation is 1. The van der Waals surface area contributed by atoms with Crippen molar-refractivity contribution in [2.24, 2.45) is 0 Å². The molecule has 0 N–H and O–H groups in total. The van der Waals surface area contributed by atoms with E-state index in [1.54, 1.807) is 25.3 Å². The van der Waals surface area contributed by atoms with Crippen LogP contribution < -0.4 is 0 Å². The average Bonchev–Trinajstić information content (AvgIpc) is 2.28. The summed E-state index contributed by atoms with van der Waals surface area (Å²) in [7, 11) is 0. The van der Waals surface area contributed by atoms with Crippen molar-refractivity contribution in [3.63, 3.8) is 0 Å². The Morgan fingerprint density at radius 1 is 1.35 bits per heavy atom. The monoisotopic (exact) mass is 232 g/mol. The SMILES string of the molecule is Cc1ncccc1-c1cc(F)cc([N+](=O)[O-])c1. The third-order valence-corrected chi connectivity index (χ3v) is 2.41. The van der Waals surface area contributed by atoms with Gasteiger partial charge in [0.2, 0.25) is 0 Å². The standard InChI is InChI=1S/C12H9FN2O2/c1-8-12(3-2-4-14-8)9-5-10(13)7-11(6-9)15(16)17/h2-7H,1H3. The zero-order valence-electron chi connectivity index (χ0n) is 9.05. The average molecular weight is 232 g/mol. The molecule has 0 aliphatic heterocycles. The Kier molecular flexibility index (Phi) is 2.82. The van der Waals surface area contributed by atoms with Gasteiger partial charge in [-0.15, -0.1) is 0 Å². The van der Waals surface area contributed by atoms with E-state index in [0.717, 1.165) is 6.07 Å². The molecule has 0 spiro atoms. The van der Waals surface area contributed by atoms with Crippen LogP contribution in [0.3, 0.4) is 0 Å². The molecule has 0 radical (unpaired) electrons. The predicted octanol–water partition coefficient (Wildman–Crippen LogP) is 3.10. The van der Waals surface area contributed by atoms with Crippen LogP contribution in [0.25, 0.3) is 11.1 Å². The third kappa shape index (κ3) is 2.28. The van der Waals surface area contributed by atoms with Crippen LogP contribution in [0.2, 0.25) is 0 Å². The van der Waals surface area contributed by atoms with Gasteiger partial charge in [-0.3, -0.25) is 15.1 Å². The molecule has 0 bridgehead atoms. The lowest BCUT2D eigenvalue weighted by Crippen LogP contribution is -1.92. The van der Waals surface area contributed by atoms with Crippen molar-refractivity contribution in [1.29, 1.82) is 0 Å². The number of rotatable bonds is 2. The van der Waals surface area contributed by atoms with Crippen LogP contribution in [0.15, 0.2) is 36.5 Å². The zero-order valence-corrected chi connectivity index (χ0v) is 9.05. The molecule has 0 fully saturated rings. The summed E-state index contributed by atoms with van der Waals surface area (Å²) in [5.74, 6) is -0.627. The summed E-state index contributed by atoms with van der Waals surface area (Å²) in [4.78, 5) is 14.1. The highest BCUT2D eigenvalue weighted by atomic mass is 19.1. The summed E-state index contributed by atoms with van der Waals surface area (Å²) in [6, 6.07) is 6.96. The van der Waals surface area contributed by atoms with E-state index >= 15 is 0 Å². The maximum Gasteiger partial charge on any atom is 0.272 e. The summed E-state index contributed by atoms with van der Waals surface area (Å²) in [5, 5.41) is 10.6. The quantitative estimate of drug-likeness (QED) is 0.590. The Balaban J connectivity index is 2.60. The molecular formula is C12H9FN2O2. The van der Waals surface area contributed by atoms with Crippen molar-refractivity contribution < 1.29 is 9.31 Å². The van der Waals surface area contributed by atoms with E-state index in [9.17, 15) is 14.5 Å². The van der Waals surface area contributed by atoms with Crippen molar-refractivity contribution in [1.82, 2.24) is 4.98 Å². The van der Waals surface area contributed by atoms with Crippen LogP contribution in [0.5, 0.6) is 0 Å². The fraction of sp³-hybridized carbons (Fsp3) is 0.0833. The molecule has 2 aromatic rings. The van der Waals surface area contributed by atoms with E-state index in [-0.39, 0.29) is 5.69 Å². The lowest BCUT2D eigenvalue weighted by molar-refractivity contribution is -0.385. The molecule has 0 atom stereocenters. The summed E-state index contributed by atoms with van der Waals surface area (Å²) < 4.78 is 13.3. The topological polar surface area (TPSA) is 56.0 Å². The number of nitrogens with zero attached hydrogens (tertiary/aromatic N) is 2. The van der Waals surface area contributed by atoms with Crippen molar-refractivity contribution in [3.8, 4) is 11.1 Å². The molecule has 4 nitrogen and oxygen atoms in total. The minimum absolute atomic E-state index is 0.261. The van der Waals surface area contributed by atoms with E-state index in [0.29, 0.717) is 16.8 Å². The van der Waals surface area contributed by atoms with E-state index in [2.05, 4.69) is 4.98 Å². The second kappa shape index (κ2) is 4.29. The van der Waals surface area contributed by atoms with Crippen LogP contribution in [-0.4, -0.2) is 9.91 Å². The van der Waals surface area contributed by atoms with E-state index in [4.69, 9.17) is 0 Å². The number of aromatic nitrogens is 1. The maximum atomic E-state index is 13.3. The summed E-state index contributed by atoms with van der Waals surface area (Å²) in [6.45, 7) is 1.77. The molecule has 86 valence electrons.